The molecule has 0 atom stereocenters. The van der Waals surface area contributed by atoms with Gasteiger partial charge >= 0.3 is 0 Å². The maximum absolute atomic E-state index is 13.2. The normalized spacial score (nSPS) is 10.2. The first-order valence-electron chi connectivity index (χ1n) is 5.43. The van der Waals surface area contributed by atoms with E-state index in [1.807, 2.05) is 13.0 Å². The summed E-state index contributed by atoms with van der Waals surface area (Å²) in [6.45, 7) is 1.82. The lowest BCUT2D eigenvalue weighted by Crippen LogP contribution is -2.03. The van der Waals surface area contributed by atoms with Crippen molar-refractivity contribution in [3.05, 3.63) is 35.6 Å². The fourth-order valence-corrected chi connectivity index (χ4v) is 1.61. The first-order valence-corrected chi connectivity index (χ1v) is 5.43. The number of anilines is 4. The topological polar surface area (TPSA) is 75.9 Å². The Morgan fingerprint density at radius 2 is 1.83 bits per heavy atom. The first kappa shape index (κ1) is 12.1. The number of aromatic nitrogens is 2. The van der Waals surface area contributed by atoms with Gasteiger partial charge in [-0.25, -0.2) is 4.39 Å². The van der Waals surface area contributed by atoms with Crippen LogP contribution in [0.25, 0.3) is 0 Å². The van der Waals surface area contributed by atoms with Crippen LogP contribution in [0.2, 0.25) is 0 Å². The van der Waals surface area contributed by atoms with E-state index in [0.717, 1.165) is 5.56 Å². The second kappa shape index (κ2) is 4.87. The number of rotatable bonds is 3. The van der Waals surface area contributed by atoms with E-state index in [-0.39, 0.29) is 11.8 Å². The van der Waals surface area contributed by atoms with Gasteiger partial charge in [0.1, 0.15) is 17.5 Å². The van der Waals surface area contributed by atoms with Crippen LogP contribution in [0.4, 0.5) is 27.7 Å². The third-order valence-electron chi connectivity index (χ3n) is 2.31. The highest BCUT2D eigenvalue weighted by Gasteiger charge is 2.03. The molecule has 2 rings (SSSR count). The summed E-state index contributed by atoms with van der Waals surface area (Å²) >= 11 is 0. The standard InChI is InChI=1S/C12H14FN5/c1-7-3-8(13)5-9(4-7)16-11-6-10(15-2)17-12(14)18-11/h3-6H,1-2H3,(H4,14,15,16,17,18). The molecule has 0 fully saturated rings. The molecule has 4 N–H and O–H groups in total. The second-order valence-corrected chi connectivity index (χ2v) is 3.89. The van der Waals surface area contributed by atoms with E-state index in [9.17, 15) is 4.39 Å². The molecule has 0 saturated heterocycles. The lowest BCUT2D eigenvalue weighted by atomic mass is 10.2. The van der Waals surface area contributed by atoms with E-state index in [1.165, 1.54) is 12.1 Å². The van der Waals surface area contributed by atoms with Crippen molar-refractivity contribution in [1.82, 2.24) is 9.97 Å². The van der Waals surface area contributed by atoms with Gasteiger partial charge in [-0.2, -0.15) is 9.97 Å². The highest BCUT2D eigenvalue weighted by molar-refractivity contribution is 5.61. The molecule has 0 aliphatic carbocycles. The van der Waals surface area contributed by atoms with Crippen molar-refractivity contribution in [3.8, 4) is 0 Å². The maximum atomic E-state index is 13.2. The molecule has 0 radical (unpaired) electrons. The molecule has 1 aromatic heterocycles. The molecule has 5 nitrogen and oxygen atoms in total. The number of hydrogen-bond donors (Lipinski definition) is 3. The summed E-state index contributed by atoms with van der Waals surface area (Å²) in [4.78, 5) is 8.00. The van der Waals surface area contributed by atoms with Crippen molar-refractivity contribution < 1.29 is 4.39 Å². The zero-order chi connectivity index (χ0) is 13.1. The summed E-state index contributed by atoms with van der Waals surface area (Å²) < 4.78 is 13.2. The van der Waals surface area contributed by atoms with Crippen LogP contribution in [0.5, 0.6) is 0 Å². The number of aryl methyl sites for hydroxylation is 1. The minimum atomic E-state index is -0.298. The first-order chi connectivity index (χ1) is 8.56. The van der Waals surface area contributed by atoms with Gasteiger partial charge in [-0.3, -0.25) is 0 Å². The van der Waals surface area contributed by atoms with Gasteiger partial charge in [0.2, 0.25) is 5.95 Å². The van der Waals surface area contributed by atoms with Crippen molar-refractivity contribution in [3.63, 3.8) is 0 Å². The molecule has 0 unspecified atom stereocenters. The maximum Gasteiger partial charge on any atom is 0.223 e. The molecule has 0 amide bonds. The molecule has 18 heavy (non-hydrogen) atoms. The van der Waals surface area contributed by atoms with Gasteiger partial charge in [0.05, 0.1) is 0 Å². The van der Waals surface area contributed by atoms with E-state index >= 15 is 0 Å². The van der Waals surface area contributed by atoms with Crippen LogP contribution in [0.1, 0.15) is 5.56 Å². The third kappa shape index (κ3) is 2.85. The predicted octanol–water partition coefficient (Wildman–Crippen LogP) is 2.29. The number of hydrogen-bond acceptors (Lipinski definition) is 5. The van der Waals surface area contributed by atoms with Crippen LogP contribution >= 0.6 is 0 Å². The Kier molecular flexibility index (Phi) is 3.27. The summed E-state index contributed by atoms with van der Waals surface area (Å²) in [5.74, 6) is 0.959. The monoisotopic (exact) mass is 247 g/mol. The lowest BCUT2D eigenvalue weighted by molar-refractivity contribution is 0.627. The Labute approximate surface area is 104 Å². The van der Waals surface area contributed by atoms with Gasteiger partial charge in [0.25, 0.3) is 0 Å². The smallest absolute Gasteiger partial charge is 0.223 e. The van der Waals surface area contributed by atoms with Gasteiger partial charge in [-0.1, -0.05) is 0 Å². The number of benzene rings is 1. The number of nitrogen functional groups attached to an aromatic ring is 1. The fourth-order valence-electron chi connectivity index (χ4n) is 1.61. The fraction of sp³-hybridized carbons (Fsp3) is 0.167. The largest absolute Gasteiger partial charge is 0.373 e. The van der Waals surface area contributed by atoms with E-state index < -0.39 is 0 Å². The highest BCUT2D eigenvalue weighted by atomic mass is 19.1. The number of nitrogens with one attached hydrogen (secondary N) is 2. The zero-order valence-corrected chi connectivity index (χ0v) is 10.2. The van der Waals surface area contributed by atoms with Gasteiger partial charge in [0.15, 0.2) is 0 Å². The molecule has 2 aromatic rings. The SMILES string of the molecule is CNc1cc(Nc2cc(C)cc(F)c2)nc(N)n1. The predicted molar refractivity (Wildman–Crippen MR) is 70.4 cm³/mol. The van der Waals surface area contributed by atoms with E-state index in [4.69, 9.17) is 5.73 Å². The highest BCUT2D eigenvalue weighted by Crippen LogP contribution is 2.20. The summed E-state index contributed by atoms with van der Waals surface area (Å²) in [5.41, 5.74) is 7.02. The zero-order valence-electron chi connectivity index (χ0n) is 10.2. The molecular weight excluding hydrogens is 233 g/mol. The Morgan fingerprint density at radius 1 is 1.11 bits per heavy atom. The van der Waals surface area contributed by atoms with E-state index in [0.29, 0.717) is 17.3 Å². The van der Waals surface area contributed by atoms with Crippen LogP contribution < -0.4 is 16.4 Å². The van der Waals surface area contributed by atoms with Crippen molar-refractivity contribution in [1.29, 1.82) is 0 Å². The molecule has 0 aliphatic rings. The van der Waals surface area contributed by atoms with Crippen molar-refractivity contribution in [2.45, 2.75) is 6.92 Å². The molecule has 0 aliphatic heterocycles. The molecule has 0 saturated carbocycles. The lowest BCUT2D eigenvalue weighted by Gasteiger charge is -2.09. The van der Waals surface area contributed by atoms with Gasteiger partial charge in [-0.05, 0) is 30.7 Å². The number of halogens is 1. The summed E-state index contributed by atoms with van der Waals surface area (Å²) in [6, 6.07) is 6.36. The van der Waals surface area contributed by atoms with Crippen molar-refractivity contribution in [2.75, 3.05) is 23.4 Å². The number of nitrogens with zero attached hydrogens (tertiary/aromatic N) is 2. The van der Waals surface area contributed by atoms with Crippen molar-refractivity contribution >= 4 is 23.3 Å². The van der Waals surface area contributed by atoms with Crippen LogP contribution in [-0.2, 0) is 0 Å². The van der Waals surface area contributed by atoms with Gasteiger partial charge in [-0.15, -0.1) is 0 Å². The van der Waals surface area contributed by atoms with Crippen LogP contribution in [0, 0.1) is 12.7 Å². The van der Waals surface area contributed by atoms with Gasteiger partial charge in [0, 0.05) is 18.8 Å². The molecule has 1 aromatic carbocycles. The Hall–Kier alpha value is -2.37. The molecule has 0 bridgehead atoms. The minimum Gasteiger partial charge on any atom is -0.373 e. The van der Waals surface area contributed by atoms with Crippen LogP contribution in [-0.4, -0.2) is 17.0 Å². The minimum absolute atomic E-state index is 0.150. The average molecular weight is 247 g/mol. The summed E-state index contributed by atoms with van der Waals surface area (Å²) in [7, 11) is 1.73. The van der Waals surface area contributed by atoms with Crippen LogP contribution in [0.3, 0.4) is 0 Å². The van der Waals surface area contributed by atoms with Gasteiger partial charge < -0.3 is 16.4 Å². The van der Waals surface area contributed by atoms with Crippen LogP contribution in [0.15, 0.2) is 24.3 Å². The molecule has 1 heterocycles. The number of nitrogens with two attached hydrogens (primary N) is 1. The second-order valence-electron chi connectivity index (χ2n) is 3.89. The molecular formula is C12H14FN5. The Bertz CT molecular complexity index is 550. The van der Waals surface area contributed by atoms with E-state index in [2.05, 4.69) is 20.6 Å². The quantitative estimate of drug-likeness (QED) is 0.775. The molecule has 94 valence electrons. The third-order valence-corrected chi connectivity index (χ3v) is 2.31. The Morgan fingerprint density at radius 3 is 2.50 bits per heavy atom. The molecule has 0 spiro atoms. The molecule has 6 heteroatoms. The summed E-state index contributed by atoms with van der Waals surface area (Å²) in [6.07, 6.45) is 0. The van der Waals surface area contributed by atoms with Crippen molar-refractivity contribution in [2.24, 2.45) is 0 Å². The Balaban J connectivity index is 2.30. The average Bonchev–Trinajstić information content (AvgIpc) is 2.26. The van der Waals surface area contributed by atoms with E-state index in [1.54, 1.807) is 13.1 Å². The summed E-state index contributed by atoms with van der Waals surface area (Å²) in [5, 5.41) is 5.86.